The van der Waals surface area contributed by atoms with Gasteiger partial charge in [0.2, 0.25) is 23.6 Å². The zero-order valence-corrected chi connectivity index (χ0v) is 27.7. The first-order valence-electron chi connectivity index (χ1n) is 16.0. The van der Waals surface area contributed by atoms with Crippen molar-refractivity contribution < 1.29 is 27.6 Å². The predicted molar refractivity (Wildman–Crippen MR) is 174 cm³/mol. The average molecular weight is 655 g/mol. The van der Waals surface area contributed by atoms with Crippen LogP contribution in [0.4, 0.5) is 11.4 Å². The third-order valence-electron chi connectivity index (χ3n) is 12.9. The summed E-state index contributed by atoms with van der Waals surface area (Å²) in [6.07, 6.45) is 2.03. The minimum atomic E-state index is -1.50. The van der Waals surface area contributed by atoms with E-state index in [9.17, 15) is 27.6 Å². The molecule has 1 aliphatic carbocycles. The lowest BCUT2D eigenvalue weighted by molar-refractivity contribution is -0.124. The molecule has 4 fully saturated rings. The molecule has 9 rings (SSSR count). The standard InChI is InChI=1S/C36H34N2O6S2/c1-33-21-15-16-23-24(36(4)28-27(35(23,3)46(36)44)31(41)38(32(28)42)20-13-9-6-10-14-20)18-17-22(21)34(2,45(33)43)26-25(33)29(39)37(30(26)40)19-11-7-5-8-12-19/h5-14,25-28H,15-18H2,1-4H3/t25-,26+,27-,28+,33+,34-,35+,36-,45?,46?. The normalized spacial score (nSPS) is 43.7. The number of hydrogen-bond donors (Lipinski definition) is 0. The molecular formula is C36H34N2O6S2. The van der Waals surface area contributed by atoms with Gasteiger partial charge >= 0.3 is 0 Å². The number of amides is 4. The number of para-hydroxylation sites is 2. The molecule has 2 aromatic carbocycles. The molecule has 7 aliphatic rings. The quantitative estimate of drug-likeness (QED) is 0.352. The van der Waals surface area contributed by atoms with Crippen molar-refractivity contribution in [3.8, 4) is 0 Å². The maximum atomic E-state index is 14.5. The largest absolute Gasteiger partial charge is 0.274 e. The zero-order chi connectivity index (χ0) is 32.3. The maximum absolute atomic E-state index is 14.5. The number of anilines is 2. The number of imide groups is 2. The number of nitrogens with zero attached hydrogens (tertiary/aromatic N) is 2. The van der Waals surface area contributed by atoms with Crippen molar-refractivity contribution in [2.45, 2.75) is 72.4 Å². The highest BCUT2D eigenvalue weighted by Crippen LogP contribution is 2.71. The Morgan fingerprint density at radius 3 is 0.957 bits per heavy atom. The second-order valence-corrected chi connectivity index (χ2v) is 19.0. The number of benzene rings is 2. The van der Waals surface area contributed by atoms with Gasteiger partial charge in [0, 0.05) is 21.6 Å². The van der Waals surface area contributed by atoms with Crippen LogP contribution in [0.25, 0.3) is 0 Å². The number of carbonyl (C=O) groups is 4. The van der Waals surface area contributed by atoms with Crippen molar-refractivity contribution in [3.63, 3.8) is 0 Å². The fraction of sp³-hybridized carbons (Fsp3) is 0.444. The topological polar surface area (TPSA) is 109 Å². The molecule has 0 saturated carbocycles. The van der Waals surface area contributed by atoms with Crippen LogP contribution >= 0.6 is 0 Å². The fourth-order valence-corrected chi connectivity index (χ4v) is 16.5. The highest BCUT2D eigenvalue weighted by atomic mass is 32.2. The highest BCUT2D eigenvalue weighted by Gasteiger charge is 2.80. The van der Waals surface area contributed by atoms with Crippen LogP contribution in [0.3, 0.4) is 0 Å². The molecule has 4 bridgehead atoms. The van der Waals surface area contributed by atoms with Crippen LogP contribution < -0.4 is 9.80 Å². The summed E-state index contributed by atoms with van der Waals surface area (Å²) in [5, 5.41) is 0. The van der Waals surface area contributed by atoms with Gasteiger partial charge in [-0.25, -0.2) is 9.80 Å². The molecule has 10 atom stereocenters. The predicted octanol–water partition coefficient (Wildman–Crippen LogP) is 4.35. The second-order valence-electron chi connectivity index (χ2n) is 14.5. The summed E-state index contributed by atoms with van der Waals surface area (Å²) in [5.74, 6) is -4.09. The van der Waals surface area contributed by atoms with Crippen LogP contribution in [0.1, 0.15) is 53.4 Å². The van der Waals surface area contributed by atoms with Gasteiger partial charge < -0.3 is 0 Å². The van der Waals surface area contributed by atoms with Gasteiger partial charge in [-0.15, -0.1) is 0 Å². The molecule has 236 valence electrons. The van der Waals surface area contributed by atoms with Crippen molar-refractivity contribution in [1.29, 1.82) is 0 Å². The van der Waals surface area contributed by atoms with Gasteiger partial charge in [0.1, 0.15) is 0 Å². The van der Waals surface area contributed by atoms with Crippen molar-refractivity contribution in [2.75, 3.05) is 9.80 Å². The molecule has 46 heavy (non-hydrogen) atoms. The van der Waals surface area contributed by atoms with Gasteiger partial charge in [-0.1, -0.05) is 58.7 Å². The third-order valence-corrected chi connectivity index (χ3v) is 18.0. The van der Waals surface area contributed by atoms with Gasteiger partial charge in [0.15, 0.2) is 0 Å². The van der Waals surface area contributed by atoms with Crippen LogP contribution in [-0.2, 0) is 40.8 Å². The van der Waals surface area contributed by atoms with Crippen LogP contribution in [0.15, 0.2) is 83.0 Å². The molecule has 0 N–H and O–H groups in total. The number of fused-ring (bicyclic) bond motifs is 14. The van der Waals surface area contributed by atoms with E-state index >= 15 is 0 Å². The van der Waals surface area contributed by atoms with E-state index in [1.807, 2.05) is 39.8 Å². The van der Waals surface area contributed by atoms with Crippen molar-refractivity contribution >= 4 is 56.6 Å². The van der Waals surface area contributed by atoms with E-state index in [2.05, 4.69) is 0 Å². The van der Waals surface area contributed by atoms with Crippen LogP contribution in [0, 0.1) is 23.7 Å². The van der Waals surface area contributed by atoms with Crippen molar-refractivity contribution in [2.24, 2.45) is 23.7 Å². The minimum absolute atomic E-state index is 0.298. The molecule has 0 spiro atoms. The molecule has 10 heteroatoms. The molecule has 0 radical (unpaired) electrons. The molecule has 6 aliphatic heterocycles. The summed E-state index contributed by atoms with van der Waals surface area (Å²) >= 11 is 0. The molecular weight excluding hydrogens is 621 g/mol. The van der Waals surface area contributed by atoms with Gasteiger partial charge in [0.05, 0.1) is 54.0 Å². The van der Waals surface area contributed by atoms with Crippen molar-refractivity contribution in [3.05, 3.63) is 83.0 Å². The van der Waals surface area contributed by atoms with E-state index in [0.29, 0.717) is 37.1 Å². The number of hydrogen-bond acceptors (Lipinski definition) is 6. The van der Waals surface area contributed by atoms with Gasteiger partial charge in [0.25, 0.3) is 0 Å². The Balaban J connectivity index is 1.12. The fourth-order valence-electron chi connectivity index (χ4n) is 11.1. The van der Waals surface area contributed by atoms with Crippen LogP contribution in [-0.4, -0.2) is 51.0 Å². The molecule has 6 heterocycles. The van der Waals surface area contributed by atoms with Crippen LogP contribution in [0.5, 0.6) is 0 Å². The Kier molecular flexibility index (Phi) is 5.42. The third kappa shape index (κ3) is 2.79. The van der Waals surface area contributed by atoms with Crippen LogP contribution in [0.2, 0.25) is 0 Å². The van der Waals surface area contributed by atoms with Gasteiger partial charge in [-0.3, -0.25) is 27.6 Å². The lowest BCUT2D eigenvalue weighted by Crippen LogP contribution is -2.45. The molecule has 4 saturated heterocycles. The lowest BCUT2D eigenvalue weighted by atomic mass is 9.59. The van der Waals surface area contributed by atoms with E-state index in [-0.39, 0.29) is 23.6 Å². The second kappa shape index (κ2) is 8.69. The van der Waals surface area contributed by atoms with Crippen molar-refractivity contribution in [1.82, 2.24) is 0 Å². The summed E-state index contributed by atoms with van der Waals surface area (Å²) in [6.45, 7) is 7.61. The summed E-state index contributed by atoms with van der Waals surface area (Å²) in [6, 6.07) is 17.9. The average Bonchev–Trinajstić information content (AvgIpc) is 3.68. The smallest absolute Gasteiger partial charge is 0.239 e. The van der Waals surface area contributed by atoms with E-state index in [1.165, 1.54) is 9.80 Å². The van der Waals surface area contributed by atoms with Gasteiger partial charge in [-0.2, -0.15) is 0 Å². The van der Waals surface area contributed by atoms with Gasteiger partial charge in [-0.05, 0) is 77.6 Å². The van der Waals surface area contributed by atoms with E-state index in [1.54, 1.807) is 48.5 Å². The SMILES string of the molecule is C[C@]12C3=C(CCC4=C(CC3)[C@@]3(C)[C@H]5C(=O)N(c6ccccc6)C(=O)[C@H]5[C@]4(C)S3=O)[C@](C)([C@@H]3C(=O)N(c4ccccc4)C(=O)[C@@H]31)S2=O. The number of carbonyl (C=O) groups excluding carboxylic acids is 4. The molecule has 2 aromatic rings. The Morgan fingerprint density at radius 2 is 0.717 bits per heavy atom. The summed E-state index contributed by atoms with van der Waals surface area (Å²) < 4.78 is 25.0. The van der Waals surface area contributed by atoms with E-state index < -0.39 is 64.3 Å². The van der Waals surface area contributed by atoms with E-state index in [4.69, 9.17) is 0 Å². The molecule has 8 nitrogen and oxygen atoms in total. The summed E-state index contributed by atoms with van der Waals surface area (Å²) in [5.41, 5.74) is 4.99. The Morgan fingerprint density at radius 1 is 0.478 bits per heavy atom. The maximum Gasteiger partial charge on any atom is 0.239 e. The first-order valence-corrected chi connectivity index (χ1v) is 18.3. The summed E-state index contributed by atoms with van der Waals surface area (Å²) in [4.78, 5) is 59.0. The Labute approximate surface area is 272 Å². The molecule has 0 aromatic heterocycles. The monoisotopic (exact) mass is 654 g/mol. The first-order chi connectivity index (χ1) is 21.9. The lowest BCUT2D eigenvalue weighted by Gasteiger charge is -2.40. The Bertz CT molecular complexity index is 1740. The molecule has 2 unspecified atom stereocenters. The summed E-state index contributed by atoms with van der Waals surface area (Å²) in [7, 11) is -3.01. The highest BCUT2D eigenvalue weighted by molar-refractivity contribution is 7.89. The zero-order valence-electron chi connectivity index (χ0n) is 26.1. The number of rotatable bonds is 2. The Hall–Kier alpha value is -3.50. The first kappa shape index (κ1) is 28.7. The minimum Gasteiger partial charge on any atom is -0.274 e. The molecule has 4 amide bonds. The van der Waals surface area contributed by atoms with E-state index in [0.717, 1.165) is 22.3 Å².